The average Bonchev–Trinajstić information content (AvgIpc) is 3.25. The number of benzene rings is 2. The highest BCUT2D eigenvalue weighted by atomic mass is 16.2. The number of nitrogens with zero attached hydrogens (tertiary/aromatic N) is 2. The molecule has 1 fully saturated rings. The quantitative estimate of drug-likeness (QED) is 0.717. The molecule has 156 valence electrons. The molecule has 2 amide bonds. The van der Waals surface area contributed by atoms with Crippen molar-refractivity contribution in [1.82, 2.24) is 20.4 Å². The van der Waals surface area contributed by atoms with E-state index in [0.717, 1.165) is 13.1 Å². The zero-order valence-electron chi connectivity index (χ0n) is 17.9. The number of hydrogen-bond donors (Lipinski definition) is 2. The second-order valence-corrected chi connectivity index (χ2v) is 8.15. The number of likely N-dealkylation sites (tertiary alicyclic amines) is 1. The predicted molar refractivity (Wildman–Crippen MR) is 119 cm³/mol. The van der Waals surface area contributed by atoms with Crippen LogP contribution in [0.1, 0.15) is 41.6 Å². The first-order valence-corrected chi connectivity index (χ1v) is 10.6. The van der Waals surface area contributed by atoms with Gasteiger partial charge < -0.3 is 15.5 Å². The number of carbonyl (C=O) groups excluding carboxylic acids is 1. The van der Waals surface area contributed by atoms with Gasteiger partial charge in [-0.05, 0) is 58.1 Å². The summed E-state index contributed by atoms with van der Waals surface area (Å²) in [7, 11) is 4.09. The van der Waals surface area contributed by atoms with Crippen LogP contribution >= 0.6 is 0 Å². The normalized spacial score (nSPS) is 16.6. The molecule has 3 rings (SSSR count). The number of amides is 2. The highest BCUT2D eigenvalue weighted by molar-refractivity contribution is 5.74. The van der Waals surface area contributed by atoms with E-state index in [2.05, 4.69) is 75.9 Å². The Bertz CT molecular complexity index is 754. The minimum Gasteiger partial charge on any atom is -0.336 e. The van der Waals surface area contributed by atoms with Gasteiger partial charge in [0.05, 0.1) is 12.1 Å². The number of rotatable bonds is 8. The second-order valence-electron chi connectivity index (χ2n) is 8.15. The number of carbonyl (C=O) groups is 1. The molecule has 0 bridgehead atoms. The Labute approximate surface area is 175 Å². The molecule has 1 aliphatic rings. The zero-order chi connectivity index (χ0) is 20.6. The zero-order valence-corrected chi connectivity index (χ0v) is 17.9. The van der Waals surface area contributed by atoms with Crippen LogP contribution in [-0.2, 0) is 0 Å². The maximum absolute atomic E-state index is 12.5. The van der Waals surface area contributed by atoms with Crippen LogP contribution in [0.5, 0.6) is 0 Å². The van der Waals surface area contributed by atoms with Crippen molar-refractivity contribution in [3.63, 3.8) is 0 Å². The van der Waals surface area contributed by atoms with Gasteiger partial charge in [-0.15, -0.1) is 0 Å². The van der Waals surface area contributed by atoms with Gasteiger partial charge in [-0.1, -0.05) is 60.2 Å². The van der Waals surface area contributed by atoms with Gasteiger partial charge in [0.15, 0.2) is 0 Å². The molecule has 5 heteroatoms. The molecule has 2 atom stereocenters. The molecule has 2 N–H and O–H groups in total. The third-order valence-corrected chi connectivity index (χ3v) is 5.76. The molecule has 1 heterocycles. The third-order valence-electron chi connectivity index (χ3n) is 5.76. The van der Waals surface area contributed by atoms with E-state index in [4.69, 9.17) is 0 Å². The largest absolute Gasteiger partial charge is 0.336 e. The van der Waals surface area contributed by atoms with Crippen LogP contribution in [0.3, 0.4) is 0 Å². The Morgan fingerprint density at radius 2 is 1.55 bits per heavy atom. The molecule has 0 radical (unpaired) electrons. The van der Waals surface area contributed by atoms with Crippen LogP contribution in [0.4, 0.5) is 4.79 Å². The molecule has 0 aromatic heterocycles. The maximum Gasteiger partial charge on any atom is 0.314 e. The fourth-order valence-corrected chi connectivity index (χ4v) is 4.01. The van der Waals surface area contributed by atoms with Crippen molar-refractivity contribution < 1.29 is 4.79 Å². The first-order chi connectivity index (χ1) is 14.0. The standard InChI is InChI=1S/C24H34N4O/c1-19-11-13-21(14-12-19)22(27(2)3)17-25-24(29)26-18-23(28-15-7-8-16-28)20-9-5-4-6-10-20/h4-6,9-14,22-23H,7-8,15-18H2,1-3H3,(H2,25,26,29). The molecule has 0 aliphatic carbocycles. The number of likely N-dealkylation sites (N-methyl/N-ethyl adjacent to an activating group) is 1. The van der Waals surface area contributed by atoms with Gasteiger partial charge in [-0.3, -0.25) is 4.90 Å². The van der Waals surface area contributed by atoms with Crippen molar-refractivity contribution in [1.29, 1.82) is 0 Å². The predicted octanol–water partition coefficient (Wildman–Crippen LogP) is 3.73. The summed E-state index contributed by atoms with van der Waals surface area (Å²) in [6.45, 7) is 5.47. The minimum atomic E-state index is -0.107. The molecule has 2 aromatic carbocycles. The molecule has 29 heavy (non-hydrogen) atoms. The third kappa shape index (κ3) is 6.05. The molecule has 0 spiro atoms. The molecule has 1 saturated heterocycles. The lowest BCUT2D eigenvalue weighted by atomic mass is 10.0. The van der Waals surface area contributed by atoms with Crippen molar-refractivity contribution in [2.45, 2.75) is 31.8 Å². The van der Waals surface area contributed by atoms with Gasteiger partial charge in [-0.2, -0.15) is 0 Å². The van der Waals surface area contributed by atoms with Gasteiger partial charge in [-0.25, -0.2) is 4.79 Å². The Hall–Kier alpha value is -2.37. The molecule has 2 unspecified atom stereocenters. The summed E-state index contributed by atoms with van der Waals surface area (Å²) in [5, 5.41) is 6.17. The van der Waals surface area contributed by atoms with Gasteiger partial charge in [0, 0.05) is 13.1 Å². The van der Waals surface area contributed by atoms with Gasteiger partial charge in [0.2, 0.25) is 0 Å². The monoisotopic (exact) mass is 394 g/mol. The van der Waals surface area contributed by atoms with Crippen LogP contribution in [0.2, 0.25) is 0 Å². The minimum absolute atomic E-state index is 0.107. The van der Waals surface area contributed by atoms with E-state index in [0.29, 0.717) is 13.1 Å². The van der Waals surface area contributed by atoms with Crippen LogP contribution < -0.4 is 10.6 Å². The Kier molecular flexibility index (Phi) is 7.67. The van der Waals surface area contributed by atoms with Crippen molar-refractivity contribution in [3.8, 4) is 0 Å². The van der Waals surface area contributed by atoms with Gasteiger partial charge in [0.1, 0.15) is 0 Å². The summed E-state index contributed by atoms with van der Waals surface area (Å²) < 4.78 is 0. The molecule has 0 saturated carbocycles. The molecular weight excluding hydrogens is 360 g/mol. The highest BCUT2D eigenvalue weighted by Crippen LogP contribution is 2.24. The molecule has 2 aromatic rings. The van der Waals surface area contributed by atoms with E-state index >= 15 is 0 Å². The summed E-state index contributed by atoms with van der Waals surface area (Å²) in [6.07, 6.45) is 2.47. The lowest BCUT2D eigenvalue weighted by Gasteiger charge is -2.29. The van der Waals surface area contributed by atoms with Crippen LogP contribution in [0.25, 0.3) is 0 Å². The maximum atomic E-state index is 12.5. The Morgan fingerprint density at radius 1 is 0.931 bits per heavy atom. The van der Waals surface area contributed by atoms with E-state index in [1.807, 2.05) is 20.2 Å². The summed E-state index contributed by atoms with van der Waals surface area (Å²) in [5.74, 6) is 0. The second kappa shape index (κ2) is 10.4. The lowest BCUT2D eigenvalue weighted by Crippen LogP contribution is -2.44. The van der Waals surface area contributed by atoms with Gasteiger partial charge in [0.25, 0.3) is 0 Å². The van der Waals surface area contributed by atoms with Crippen molar-refractivity contribution >= 4 is 6.03 Å². The van der Waals surface area contributed by atoms with E-state index in [-0.39, 0.29) is 18.1 Å². The first-order valence-electron chi connectivity index (χ1n) is 10.6. The Balaban J connectivity index is 1.56. The van der Waals surface area contributed by atoms with Gasteiger partial charge >= 0.3 is 6.03 Å². The molecular formula is C24H34N4O. The summed E-state index contributed by atoms with van der Waals surface area (Å²) in [6, 6.07) is 19.3. The summed E-state index contributed by atoms with van der Waals surface area (Å²) in [5.41, 5.74) is 3.71. The van der Waals surface area contributed by atoms with E-state index in [1.54, 1.807) is 0 Å². The van der Waals surface area contributed by atoms with Crippen LogP contribution in [0.15, 0.2) is 54.6 Å². The van der Waals surface area contributed by atoms with Crippen LogP contribution in [-0.4, -0.2) is 56.1 Å². The topological polar surface area (TPSA) is 47.6 Å². The molecule has 1 aliphatic heterocycles. The first kappa shape index (κ1) is 21.3. The van der Waals surface area contributed by atoms with E-state index in [1.165, 1.54) is 29.5 Å². The van der Waals surface area contributed by atoms with Crippen molar-refractivity contribution in [2.75, 3.05) is 40.3 Å². The average molecular weight is 395 g/mol. The number of nitrogens with one attached hydrogen (secondary N) is 2. The summed E-state index contributed by atoms with van der Waals surface area (Å²) in [4.78, 5) is 17.2. The van der Waals surface area contributed by atoms with Crippen LogP contribution in [0, 0.1) is 6.92 Å². The lowest BCUT2D eigenvalue weighted by molar-refractivity contribution is 0.216. The smallest absolute Gasteiger partial charge is 0.314 e. The number of hydrogen-bond acceptors (Lipinski definition) is 3. The van der Waals surface area contributed by atoms with E-state index in [9.17, 15) is 4.79 Å². The molecule has 5 nitrogen and oxygen atoms in total. The van der Waals surface area contributed by atoms with Crippen molar-refractivity contribution in [3.05, 3.63) is 71.3 Å². The summed E-state index contributed by atoms with van der Waals surface area (Å²) >= 11 is 0. The fraction of sp³-hybridized carbons (Fsp3) is 0.458. The van der Waals surface area contributed by atoms with Crippen molar-refractivity contribution in [2.24, 2.45) is 0 Å². The highest BCUT2D eigenvalue weighted by Gasteiger charge is 2.24. The fourth-order valence-electron chi connectivity index (χ4n) is 4.01. The van der Waals surface area contributed by atoms with E-state index < -0.39 is 0 Å². The number of urea groups is 1. The SMILES string of the molecule is Cc1ccc(C(CNC(=O)NCC(c2ccccc2)N2CCCC2)N(C)C)cc1. The number of aryl methyl sites for hydroxylation is 1. The Morgan fingerprint density at radius 3 is 2.17 bits per heavy atom.